The first-order valence-corrected chi connectivity index (χ1v) is 7.16. The Bertz CT molecular complexity index is 212. The summed E-state index contributed by atoms with van der Waals surface area (Å²) in [7, 11) is 3.92. The van der Waals surface area contributed by atoms with Crippen molar-refractivity contribution in [3.05, 3.63) is 0 Å². The quantitative estimate of drug-likeness (QED) is 0.707. The summed E-state index contributed by atoms with van der Waals surface area (Å²) in [4.78, 5) is 0. The van der Waals surface area contributed by atoms with Crippen LogP contribution in [0.15, 0.2) is 0 Å². The molecule has 0 amide bonds. The molecule has 100 valence electrons. The molecule has 1 saturated carbocycles. The van der Waals surface area contributed by atoms with Gasteiger partial charge in [0.2, 0.25) is 0 Å². The highest BCUT2D eigenvalue weighted by Gasteiger charge is 2.35. The van der Waals surface area contributed by atoms with Gasteiger partial charge in [0, 0.05) is 19.8 Å². The summed E-state index contributed by atoms with van der Waals surface area (Å²) in [5, 5.41) is 3.43. The van der Waals surface area contributed by atoms with Crippen molar-refractivity contribution >= 4 is 0 Å². The Morgan fingerprint density at radius 2 is 2.18 bits per heavy atom. The molecule has 1 aliphatic carbocycles. The lowest BCUT2D eigenvalue weighted by molar-refractivity contribution is 0.0471. The second-order valence-electron chi connectivity index (χ2n) is 5.50. The van der Waals surface area contributed by atoms with Crippen molar-refractivity contribution < 1.29 is 9.47 Å². The maximum Gasteiger partial charge on any atom is 0.0752 e. The van der Waals surface area contributed by atoms with Crippen molar-refractivity contribution in [2.45, 2.75) is 63.2 Å². The third kappa shape index (κ3) is 3.94. The molecule has 3 unspecified atom stereocenters. The van der Waals surface area contributed by atoms with Crippen molar-refractivity contribution in [1.82, 2.24) is 5.32 Å². The summed E-state index contributed by atoms with van der Waals surface area (Å²) in [6, 6.07) is 0.522. The minimum Gasteiger partial charge on any atom is -0.380 e. The summed E-state index contributed by atoms with van der Waals surface area (Å²) >= 11 is 0. The molecule has 3 nitrogen and oxygen atoms in total. The summed E-state index contributed by atoms with van der Waals surface area (Å²) in [5.41, 5.74) is 0. The van der Waals surface area contributed by atoms with E-state index in [4.69, 9.17) is 9.47 Å². The monoisotopic (exact) mass is 241 g/mol. The number of nitrogens with one attached hydrogen (secondary N) is 1. The summed E-state index contributed by atoms with van der Waals surface area (Å²) in [6.45, 7) is 0.975. The fraction of sp³-hybridized carbons (Fsp3) is 1.00. The number of hydrogen-bond donors (Lipinski definition) is 1. The molecule has 3 heteroatoms. The molecule has 3 atom stereocenters. The van der Waals surface area contributed by atoms with Crippen molar-refractivity contribution in [1.29, 1.82) is 0 Å². The fourth-order valence-corrected chi connectivity index (χ4v) is 3.02. The zero-order valence-corrected chi connectivity index (χ0v) is 11.3. The van der Waals surface area contributed by atoms with Crippen molar-refractivity contribution in [3.63, 3.8) is 0 Å². The van der Waals surface area contributed by atoms with E-state index in [1.807, 2.05) is 7.11 Å². The Kier molecular flexibility index (Phi) is 5.26. The Labute approximate surface area is 105 Å². The molecule has 0 spiro atoms. The van der Waals surface area contributed by atoms with Crippen LogP contribution in [0.2, 0.25) is 0 Å². The fourth-order valence-electron chi connectivity index (χ4n) is 3.02. The van der Waals surface area contributed by atoms with Crippen LogP contribution < -0.4 is 5.32 Å². The number of likely N-dealkylation sites (N-methyl/N-ethyl adjacent to an activating group) is 1. The molecular formula is C14H27NO2. The van der Waals surface area contributed by atoms with Crippen LogP contribution in [-0.2, 0) is 9.47 Å². The Hall–Kier alpha value is -0.120. The van der Waals surface area contributed by atoms with E-state index in [1.165, 1.54) is 44.9 Å². The molecule has 1 heterocycles. The number of rotatable bonds is 8. The van der Waals surface area contributed by atoms with Gasteiger partial charge >= 0.3 is 0 Å². The molecule has 17 heavy (non-hydrogen) atoms. The second-order valence-corrected chi connectivity index (χ2v) is 5.50. The van der Waals surface area contributed by atoms with E-state index in [1.54, 1.807) is 0 Å². The van der Waals surface area contributed by atoms with E-state index in [0.717, 1.165) is 12.5 Å². The summed E-state index contributed by atoms with van der Waals surface area (Å²) < 4.78 is 11.3. The third-order valence-corrected chi connectivity index (χ3v) is 4.19. The number of methoxy groups -OCH3 is 1. The SMILES string of the molecule is CNC(CCCC1CCCO1)C(OC)C1CC1. The first-order valence-electron chi connectivity index (χ1n) is 7.16. The van der Waals surface area contributed by atoms with Gasteiger partial charge in [-0.15, -0.1) is 0 Å². The topological polar surface area (TPSA) is 30.5 Å². The molecular weight excluding hydrogens is 214 g/mol. The van der Waals surface area contributed by atoms with Gasteiger partial charge < -0.3 is 14.8 Å². The van der Waals surface area contributed by atoms with Crippen molar-refractivity contribution in [2.75, 3.05) is 20.8 Å². The Morgan fingerprint density at radius 3 is 2.71 bits per heavy atom. The van der Waals surface area contributed by atoms with Crippen molar-refractivity contribution in [3.8, 4) is 0 Å². The molecule has 2 fully saturated rings. The van der Waals surface area contributed by atoms with Gasteiger partial charge in [-0.1, -0.05) is 0 Å². The Balaban J connectivity index is 1.66. The minimum absolute atomic E-state index is 0.421. The van der Waals surface area contributed by atoms with Crippen LogP contribution in [0.5, 0.6) is 0 Å². The smallest absolute Gasteiger partial charge is 0.0752 e. The van der Waals surface area contributed by atoms with E-state index < -0.39 is 0 Å². The standard InChI is InChI=1S/C14H27NO2/c1-15-13(14(16-2)11-8-9-11)7-3-5-12-6-4-10-17-12/h11-15H,3-10H2,1-2H3. The summed E-state index contributed by atoms with van der Waals surface area (Å²) in [5.74, 6) is 0.806. The molecule has 1 N–H and O–H groups in total. The highest BCUT2D eigenvalue weighted by Crippen LogP contribution is 2.36. The predicted molar refractivity (Wildman–Crippen MR) is 69.2 cm³/mol. The lowest BCUT2D eigenvalue weighted by Crippen LogP contribution is -2.40. The molecule has 0 aromatic heterocycles. The molecule has 2 aliphatic rings. The predicted octanol–water partition coefficient (Wildman–Crippen LogP) is 2.35. The van der Waals surface area contributed by atoms with Gasteiger partial charge in [-0.25, -0.2) is 0 Å². The van der Waals surface area contributed by atoms with Gasteiger partial charge in [0.1, 0.15) is 0 Å². The van der Waals surface area contributed by atoms with Crippen LogP contribution in [0, 0.1) is 5.92 Å². The first kappa shape index (κ1) is 13.3. The van der Waals surface area contributed by atoms with E-state index >= 15 is 0 Å². The molecule has 0 bridgehead atoms. The lowest BCUT2D eigenvalue weighted by atomic mass is 9.99. The zero-order chi connectivity index (χ0) is 12.1. The van der Waals surface area contributed by atoms with Gasteiger partial charge in [-0.3, -0.25) is 0 Å². The lowest BCUT2D eigenvalue weighted by Gasteiger charge is -2.26. The van der Waals surface area contributed by atoms with E-state index in [9.17, 15) is 0 Å². The van der Waals surface area contributed by atoms with Crippen molar-refractivity contribution in [2.24, 2.45) is 5.92 Å². The van der Waals surface area contributed by atoms with Gasteiger partial charge in [0.25, 0.3) is 0 Å². The van der Waals surface area contributed by atoms with Gasteiger partial charge in [-0.2, -0.15) is 0 Å². The molecule has 0 aromatic rings. The van der Waals surface area contributed by atoms with Gasteiger partial charge in [-0.05, 0) is 57.9 Å². The summed E-state index contributed by atoms with van der Waals surface area (Å²) in [6.07, 6.45) is 9.86. The largest absolute Gasteiger partial charge is 0.380 e. The average molecular weight is 241 g/mol. The van der Waals surface area contributed by atoms with Crippen LogP contribution in [-0.4, -0.2) is 39.0 Å². The maximum absolute atomic E-state index is 5.66. The first-order chi connectivity index (χ1) is 8.35. The number of hydrogen-bond acceptors (Lipinski definition) is 3. The zero-order valence-electron chi connectivity index (χ0n) is 11.3. The number of ether oxygens (including phenoxy) is 2. The van der Waals surface area contributed by atoms with Crippen LogP contribution in [0.1, 0.15) is 44.9 Å². The van der Waals surface area contributed by atoms with Crippen LogP contribution in [0.25, 0.3) is 0 Å². The molecule has 0 aromatic carbocycles. The second kappa shape index (κ2) is 6.72. The molecule has 2 rings (SSSR count). The van der Waals surface area contributed by atoms with Gasteiger partial charge in [0.15, 0.2) is 0 Å². The molecule has 1 saturated heterocycles. The minimum atomic E-state index is 0.421. The average Bonchev–Trinajstić information content (AvgIpc) is 3.04. The van der Waals surface area contributed by atoms with Gasteiger partial charge in [0.05, 0.1) is 12.2 Å². The highest BCUT2D eigenvalue weighted by atomic mass is 16.5. The Morgan fingerprint density at radius 1 is 1.35 bits per heavy atom. The van der Waals surface area contributed by atoms with Crippen LogP contribution >= 0.6 is 0 Å². The highest BCUT2D eigenvalue weighted by molar-refractivity contribution is 4.89. The van der Waals surface area contributed by atoms with Crippen LogP contribution in [0.3, 0.4) is 0 Å². The van der Waals surface area contributed by atoms with E-state index in [-0.39, 0.29) is 0 Å². The van der Waals surface area contributed by atoms with E-state index in [0.29, 0.717) is 18.2 Å². The molecule has 1 aliphatic heterocycles. The van der Waals surface area contributed by atoms with Crippen LogP contribution in [0.4, 0.5) is 0 Å². The maximum atomic E-state index is 5.66. The van der Waals surface area contributed by atoms with E-state index in [2.05, 4.69) is 12.4 Å². The molecule has 0 radical (unpaired) electrons. The third-order valence-electron chi connectivity index (χ3n) is 4.19. The normalized spacial score (nSPS) is 28.2.